The zero-order valence-electron chi connectivity index (χ0n) is 4.22. The minimum atomic E-state index is -0.102. The Labute approximate surface area is 65.2 Å². The third-order valence-corrected chi connectivity index (χ3v) is 2.32. The van der Waals surface area contributed by atoms with Crippen molar-refractivity contribution in [2.75, 3.05) is 13.2 Å². The highest BCUT2D eigenvalue weighted by atomic mass is 79.9. The van der Waals surface area contributed by atoms with Crippen molar-refractivity contribution in [3.8, 4) is 0 Å². The molecular weight excluding hydrogens is 240 g/mol. The van der Waals surface area contributed by atoms with E-state index in [1.807, 2.05) is 0 Å². The summed E-state index contributed by atoms with van der Waals surface area (Å²) in [5.74, 6) is -0.102. The molecule has 0 bridgehead atoms. The second kappa shape index (κ2) is 4.73. The standard InChI is InChI=1S/C4H8Br2O2/c5-4(6)3(1-7)2-8/h3-4,7-8H,1-2H2. The van der Waals surface area contributed by atoms with Gasteiger partial charge in [0.15, 0.2) is 0 Å². The third kappa shape index (κ3) is 3.02. The van der Waals surface area contributed by atoms with Gasteiger partial charge in [-0.1, -0.05) is 31.9 Å². The Hall–Kier alpha value is 0.880. The fraction of sp³-hybridized carbons (Fsp3) is 1.00. The van der Waals surface area contributed by atoms with Gasteiger partial charge in [0.05, 0.1) is 3.74 Å². The van der Waals surface area contributed by atoms with Crippen LogP contribution in [0.5, 0.6) is 0 Å². The second-order valence-corrected chi connectivity index (χ2v) is 4.66. The molecule has 0 aliphatic rings. The Balaban J connectivity index is 3.35. The van der Waals surface area contributed by atoms with Crippen LogP contribution < -0.4 is 0 Å². The molecular formula is C4H8Br2O2. The van der Waals surface area contributed by atoms with E-state index in [0.29, 0.717) is 0 Å². The molecule has 0 heterocycles. The van der Waals surface area contributed by atoms with Crippen molar-refractivity contribution in [2.24, 2.45) is 5.92 Å². The van der Waals surface area contributed by atoms with Crippen LogP contribution in [-0.2, 0) is 0 Å². The molecule has 2 N–H and O–H groups in total. The van der Waals surface area contributed by atoms with E-state index in [4.69, 9.17) is 10.2 Å². The Kier molecular flexibility index (Phi) is 5.25. The molecule has 0 aromatic heterocycles. The largest absolute Gasteiger partial charge is 0.396 e. The van der Waals surface area contributed by atoms with Gasteiger partial charge in [-0.05, 0) is 0 Å². The van der Waals surface area contributed by atoms with Crippen molar-refractivity contribution >= 4 is 31.9 Å². The Morgan fingerprint density at radius 1 is 1.12 bits per heavy atom. The molecule has 0 saturated carbocycles. The van der Waals surface area contributed by atoms with Crippen LogP contribution in [0.4, 0.5) is 0 Å². The summed E-state index contributed by atoms with van der Waals surface area (Å²) in [6.07, 6.45) is 0. The maximum Gasteiger partial charge on any atom is 0.0769 e. The molecule has 0 amide bonds. The molecule has 0 saturated heterocycles. The monoisotopic (exact) mass is 246 g/mol. The Morgan fingerprint density at radius 3 is 1.50 bits per heavy atom. The molecule has 0 atom stereocenters. The summed E-state index contributed by atoms with van der Waals surface area (Å²) in [6.45, 7) is -0.00463. The first kappa shape index (κ1) is 8.88. The predicted molar refractivity (Wildman–Crippen MR) is 39.3 cm³/mol. The van der Waals surface area contributed by atoms with Crippen LogP contribution in [0.2, 0.25) is 0 Å². The molecule has 0 aliphatic carbocycles. The molecule has 0 aromatic carbocycles. The van der Waals surface area contributed by atoms with Crippen molar-refractivity contribution in [1.82, 2.24) is 0 Å². The number of hydrogen-bond acceptors (Lipinski definition) is 2. The third-order valence-electron chi connectivity index (χ3n) is 0.825. The first-order valence-electron chi connectivity index (χ1n) is 2.22. The molecule has 0 fully saturated rings. The van der Waals surface area contributed by atoms with Crippen molar-refractivity contribution < 1.29 is 10.2 Å². The van der Waals surface area contributed by atoms with Gasteiger partial charge in [0.1, 0.15) is 0 Å². The van der Waals surface area contributed by atoms with Crippen LogP contribution in [0, 0.1) is 5.92 Å². The predicted octanol–water partition coefficient (Wildman–Crippen LogP) is 0.703. The molecule has 0 radical (unpaired) electrons. The lowest BCUT2D eigenvalue weighted by Crippen LogP contribution is -2.17. The van der Waals surface area contributed by atoms with Gasteiger partial charge in [-0.2, -0.15) is 0 Å². The fourth-order valence-corrected chi connectivity index (χ4v) is 0.886. The van der Waals surface area contributed by atoms with Gasteiger partial charge in [-0.15, -0.1) is 0 Å². The van der Waals surface area contributed by atoms with E-state index >= 15 is 0 Å². The highest BCUT2D eigenvalue weighted by Crippen LogP contribution is 2.17. The van der Waals surface area contributed by atoms with E-state index < -0.39 is 0 Å². The maximum atomic E-state index is 8.48. The minimum Gasteiger partial charge on any atom is -0.396 e. The molecule has 8 heavy (non-hydrogen) atoms. The number of aliphatic hydroxyl groups excluding tert-OH is 2. The highest BCUT2D eigenvalue weighted by Gasteiger charge is 2.12. The van der Waals surface area contributed by atoms with Crippen molar-refractivity contribution in [3.05, 3.63) is 0 Å². The molecule has 0 aliphatic heterocycles. The van der Waals surface area contributed by atoms with Crippen molar-refractivity contribution in [2.45, 2.75) is 3.74 Å². The van der Waals surface area contributed by atoms with Crippen LogP contribution in [0.1, 0.15) is 0 Å². The van der Waals surface area contributed by atoms with Gasteiger partial charge in [0.25, 0.3) is 0 Å². The topological polar surface area (TPSA) is 40.5 Å². The van der Waals surface area contributed by atoms with Crippen LogP contribution in [0.25, 0.3) is 0 Å². The molecule has 0 aromatic rings. The van der Waals surface area contributed by atoms with Crippen molar-refractivity contribution in [1.29, 1.82) is 0 Å². The van der Waals surface area contributed by atoms with E-state index in [-0.39, 0.29) is 22.9 Å². The molecule has 0 spiro atoms. The smallest absolute Gasteiger partial charge is 0.0769 e. The summed E-state index contributed by atoms with van der Waals surface area (Å²) in [7, 11) is 0. The fourth-order valence-electron chi connectivity index (χ4n) is 0.217. The average Bonchev–Trinajstić information content (AvgIpc) is 1.69. The Bertz CT molecular complexity index is 54.0. The van der Waals surface area contributed by atoms with Crippen LogP contribution in [0.3, 0.4) is 0 Å². The molecule has 4 heteroatoms. The lowest BCUT2D eigenvalue weighted by molar-refractivity contribution is 0.162. The minimum absolute atomic E-state index is 0.00231. The first-order valence-corrected chi connectivity index (χ1v) is 4.05. The van der Waals surface area contributed by atoms with Crippen molar-refractivity contribution in [3.63, 3.8) is 0 Å². The summed E-state index contributed by atoms with van der Waals surface area (Å²) in [4.78, 5) is 0. The normalized spacial score (nSPS) is 11.2. The van der Waals surface area contributed by atoms with Crippen LogP contribution >= 0.6 is 31.9 Å². The van der Waals surface area contributed by atoms with Gasteiger partial charge in [-0.25, -0.2) is 0 Å². The zero-order chi connectivity index (χ0) is 6.57. The van der Waals surface area contributed by atoms with Gasteiger partial charge in [0, 0.05) is 19.1 Å². The average molecular weight is 248 g/mol. The lowest BCUT2D eigenvalue weighted by Gasteiger charge is -2.10. The first-order chi connectivity index (χ1) is 3.72. The number of halogens is 2. The summed E-state index contributed by atoms with van der Waals surface area (Å²) in [5.41, 5.74) is 0. The molecule has 2 nitrogen and oxygen atoms in total. The number of alkyl halides is 2. The maximum absolute atomic E-state index is 8.48. The summed E-state index contributed by atoms with van der Waals surface area (Å²) in [5, 5.41) is 17.0. The SMILES string of the molecule is OCC(CO)C(Br)Br. The highest BCUT2D eigenvalue weighted by molar-refractivity contribution is 9.24. The zero-order valence-corrected chi connectivity index (χ0v) is 7.39. The van der Waals surface area contributed by atoms with E-state index in [1.54, 1.807) is 0 Å². The van der Waals surface area contributed by atoms with E-state index in [1.165, 1.54) is 0 Å². The van der Waals surface area contributed by atoms with Gasteiger partial charge in [0.2, 0.25) is 0 Å². The summed E-state index contributed by atoms with van der Waals surface area (Å²) >= 11 is 6.32. The molecule has 50 valence electrons. The molecule has 0 unspecified atom stereocenters. The lowest BCUT2D eigenvalue weighted by atomic mass is 10.2. The van der Waals surface area contributed by atoms with E-state index in [9.17, 15) is 0 Å². The van der Waals surface area contributed by atoms with Gasteiger partial charge in [-0.3, -0.25) is 0 Å². The quantitative estimate of drug-likeness (QED) is 0.722. The van der Waals surface area contributed by atoms with Gasteiger partial charge < -0.3 is 10.2 Å². The van der Waals surface area contributed by atoms with Crippen LogP contribution in [0.15, 0.2) is 0 Å². The Morgan fingerprint density at radius 2 is 1.50 bits per heavy atom. The van der Waals surface area contributed by atoms with Gasteiger partial charge >= 0.3 is 0 Å². The molecule has 0 rings (SSSR count). The van der Waals surface area contributed by atoms with E-state index in [0.717, 1.165) is 0 Å². The number of rotatable bonds is 3. The number of hydrogen-bond donors (Lipinski definition) is 2. The summed E-state index contributed by atoms with van der Waals surface area (Å²) < 4.78 is 0.00463. The van der Waals surface area contributed by atoms with E-state index in [2.05, 4.69) is 31.9 Å². The van der Waals surface area contributed by atoms with Crippen LogP contribution in [-0.4, -0.2) is 27.2 Å². The number of aliphatic hydroxyl groups is 2. The second-order valence-electron chi connectivity index (χ2n) is 1.46. The summed E-state index contributed by atoms with van der Waals surface area (Å²) in [6, 6.07) is 0.